The number of fused-ring (bicyclic) bond motifs is 1. The fourth-order valence-corrected chi connectivity index (χ4v) is 2.38. The lowest BCUT2D eigenvalue weighted by Gasteiger charge is -2.08. The van der Waals surface area contributed by atoms with Gasteiger partial charge in [0, 0.05) is 5.39 Å². The van der Waals surface area contributed by atoms with Crippen LogP contribution in [0.2, 0.25) is 0 Å². The predicted molar refractivity (Wildman–Crippen MR) is 96.0 cm³/mol. The topological polar surface area (TPSA) is 90.8 Å². The number of benzene rings is 3. The van der Waals surface area contributed by atoms with Gasteiger partial charge in [-0.2, -0.15) is 5.10 Å². The first-order chi connectivity index (χ1) is 12.6. The molecule has 0 aromatic heterocycles. The van der Waals surface area contributed by atoms with Gasteiger partial charge in [0.1, 0.15) is 5.75 Å². The largest absolute Gasteiger partial charge is 0.545 e. The van der Waals surface area contributed by atoms with Crippen LogP contribution in [-0.2, 0) is 4.79 Å². The second-order valence-corrected chi connectivity index (χ2v) is 5.47. The number of ether oxygens (including phenoxy) is 1. The highest BCUT2D eigenvalue weighted by Gasteiger charge is 2.04. The molecule has 0 heterocycles. The number of carboxylic acids is 1. The van der Waals surface area contributed by atoms with Crippen molar-refractivity contribution in [2.75, 3.05) is 6.61 Å². The summed E-state index contributed by atoms with van der Waals surface area (Å²) >= 11 is 0. The fourth-order valence-electron chi connectivity index (χ4n) is 2.38. The summed E-state index contributed by atoms with van der Waals surface area (Å²) in [7, 11) is 0. The Balaban J connectivity index is 1.55. The van der Waals surface area contributed by atoms with Crippen LogP contribution in [0.5, 0.6) is 5.75 Å². The van der Waals surface area contributed by atoms with Gasteiger partial charge in [0.25, 0.3) is 5.91 Å². The van der Waals surface area contributed by atoms with Crippen LogP contribution in [0.15, 0.2) is 71.8 Å². The molecule has 3 rings (SSSR count). The van der Waals surface area contributed by atoms with Crippen LogP contribution in [0, 0.1) is 0 Å². The zero-order valence-electron chi connectivity index (χ0n) is 13.7. The molecule has 0 radical (unpaired) electrons. The molecule has 3 aromatic carbocycles. The minimum absolute atomic E-state index is 0.0784. The monoisotopic (exact) mass is 347 g/mol. The Kier molecular flexibility index (Phi) is 5.24. The van der Waals surface area contributed by atoms with Crippen LogP contribution in [-0.4, -0.2) is 24.7 Å². The molecular formula is C20H15N2O4-. The molecule has 6 nitrogen and oxygen atoms in total. The lowest BCUT2D eigenvalue weighted by atomic mass is 10.1. The summed E-state index contributed by atoms with van der Waals surface area (Å²) in [6.07, 6.45) is 1.41. The van der Waals surface area contributed by atoms with Gasteiger partial charge in [-0.25, -0.2) is 5.43 Å². The predicted octanol–water partition coefficient (Wildman–Crippen LogP) is 1.73. The van der Waals surface area contributed by atoms with Gasteiger partial charge in [-0.05, 0) is 22.6 Å². The first kappa shape index (κ1) is 17.2. The summed E-state index contributed by atoms with van der Waals surface area (Å²) in [5, 5.41) is 16.5. The van der Waals surface area contributed by atoms with Gasteiger partial charge in [0.05, 0.1) is 12.2 Å². The van der Waals surface area contributed by atoms with E-state index >= 15 is 0 Å². The van der Waals surface area contributed by atoms with Crippen molar-refractivity contribution in [1.82, 2.24) is 5.43 Å². The minimum Gasteiger partial charge on any atom is -0.545 e. The molecule has 0 aliphatic heterocycles. The molecule has 6 heteroatoms. The van der Waals surface area contributed by atoms with Crippen molar-refractivity contribution >= 4 is 28.9 Å². The Hall–Kier alpha value is -3.67. The Morgan fingerprint density at radius 2 is 1.73 bits per heavy atom. The van der Waals surface area contributed by atoms with E-state index in [2.05, 4.69) is 10.5 Å². The highest BCUT2D eigenvalue weighted by Crippen LogP contribution is 2.24. The number of aromatic carboxylic acids is 1. The standard InChI is InChI=1S/C20H16N2O4/c23-19(22-21-12-14-8-10-16(11-9-14)20(24)25)13-26-18-7-3-5-15-4-1-2-6-17(15)18/h1-12H,13H2,(H,22,23)(H,24,25)/p-1. The molecule has 0 spiro atoms. The number of hydrogen-bond donors (Lipinski definition) is 1. The van der Waals surface area contributed by atoms with Crippen molar-refractivity contribution in [1.29, 1.82) is 0 Å². The summed E-state index contributed by atoms with van der Waals surface area (Å²) in [5.41, 5.74) is 3.09. The van der Waals surface area contributed by atoms with Gasteiger partial charge < -0.3 is 14.6 Å². The SMILES string of the molecule is O=C(COc1cccc2ccccc12)NN=Cc1ccc(C(=O)[O-])cc1. The second-order valence-electron chi connectivity index (χ2n) is 5.47. The number of nitrogens with zero attached hydrogens (tertiary/aromatic N) is 1. The number of hydrazone groups is 1. The molecule has 0 bridgehead atoms. The smallest absolute Gasteiger partial charge is 0.277 e. The maximum Gasteiger partial charge on any atom is 0.277 e. The molecule has 26 heavy (non-hydrogen) atoms. The zero-order valence-corrected chi connectivity index (χ0v) is 13.7. The fraction of sp³-hybridized carbons (Fsp3) is 0.0500. The quantitative estimate of drug-likeness (QED) is 0.543. The van der Waals surface area contributed by atoms with Crippen LogP contribution >= 0.6 is 0 Å². The summed E-state index contributed by atoms with van der Waals surface area (Å²) in [4.78, 5) is 22.5. The molecule has 3 aromatic rings. The van der Waals surface area contributed by atoms with Gasteiger partial charge in [-0.1, -0.05) is 60.7 Å². The van der Waals surface area contributed by atoms with Crippen molar-refractivity contribution in [3.05, 3.63) is 77.9 Å². The van der Waals surface area contributed by atoms with Crippen molar-refractivity contribution in [2.24, 2.45) is 5.10 Å². The zero-order chi connectivity index (χ0) is 18.4. The van der Waals surface area contributed by atoms with E-state index in [4.69, 9.17) is 4.74 Å². The van der Waals surface area contributed by atoms with Gasteiger partial charge in [0.15, 0.2) is 6.61 Å². The molecule has 0 aliphatic carbocycles. The molecular weight excluding hydrogens is 332 g/mol. The van der Waals surface area contributed by atoms with Crippen LogP contribution in [0.3, 0.4) is 0 Å². The maximum absolute atomic E-state index is 11.9. The maximum atomic E-state index is 11.9. The van der Waals surface area contributed by atoms with E-state index < -0.39 is 11.9 Å². The first-order valence-electron chi connectivity index (χ1n) is 7.87. The van der Waals surface area contributed by atoms with Crippen molar-refractivity contribution in [3.63, 3.8) is 0 Å². The van der Waals surface area contributed by atoms with E-state index in [0.717, 1.165) is 10.8 Å². The molecule has 0 saturated carbocycles. The van der Waals surface area contributed by atoms with Gasteiger partial charge >= 0.3 is 0 Å². The lowest BCUT2D eigenvalue weighted by Crippen LogP contribution is -2.24. The van der Waals surface area contributed by atoms with E-state index in [1.807, 2.05) is 36.4 Å². The van der Waals surface area contributed by atoms with E-state index in [1.54, 1.807) is 18.2 Å². The van der Waals surface area contributed by atoms with Crippen LogP contribution in [0.4, 0.5) is 0 Å². The van der Waals surface area contributed by atoms with E-state index in [0.29, 0.717) is 11.3 Å². The second kappa shape index (κ2) is 7.94. The third-order valence-corrected chi connectivity index (χ3v) is 3.66. The Morgan fingerprint density at radius 1 is 1.00 bits per heavy atom. The first-order valence-corrected chi connectivity index (χ1v) is 7.87. The van der Waals surface area contributed by atoms with Gasteiger partial charge in [-0.15, -0.1) is 0 Å². The van der Waals surface area contributed by atoms with Gasteiger partial charge in [0.2, 0.25) is 0 Å². The number of carboxylic acid groups (broad SMARTS) is 1. The van der Waals surface area contributed by atoms with E-state index in [1.165, 1.54) is 18.3 Å². The Labute approximate surface area is 149 Å². The number of hydrogen-bond acceptors (Lipinski definition) is 5. The molecule has 1 amide bonds. The summed E-state index contributed by atoms with van der Waals surface area (Å²) in [6, 6.07) is 19.3. The van der Waals surface area contributed by atoms with Crippen molar-refractivity contribution in [3.8, 4) is 5.75 Å². The number of carbonyl (C=O) groups excluding carboxylic acids is 2. The van der Waals surface area contributed by atoms with E-state index in [-0.39, 0.29) is 12.2 Å². The average molecular weight is 347 g/mol. The van der Waals surface area contributed by atoms with E-state index in [9.17, 15) is 14.7 Å². The van der Waals surface area contributed by atoms with Crippen LogP contribution < -0.4 is 15.3 Å². The lowest BCUT2D eigenvalue weighted by molar-refractivity contribution is -0.255. The van der Waals surface area contributed by atoms with Crippen molar-refractivity contribution < 1.29 is 19.4 Å². The van der Waals surface area contributed by atoms with Crippen LogP contribution in [0.1, 0.15) is 15.9 Å². The molecule has 0 saturated heterocycles. The average Bonchev–Trinajstić information content (AvgIpc) is 2.66. The molecule has 1 N–H and O–H groups in total. The number of nitrogens with one attached hydrogen (secondary N) is 1. The molecule has 0 unspecified atom stereocenters. The van der Waals surface area contributed by atoms with Crippen LogP contribution in [0.25, 0.3) is 10.8 Å². The molecule has 130 valence electrons. The Morgan fingerprint density at radius 3 is 2.50 bits per heavy atom. The number of amides is 1. The summed E-state index contributed by atoms with van der Waals surface area (Å²) in [5.74, 6) is -1.02. The normalized spacial score (nSPS) is 10.8. The number of rotatable bonds is 6. The van der Waals surface area contributed by atoms with Crippen molar-refractivity contribution in [2.45, 2.75) is 0 Å². The highest BCUT2D eigenvalue weighted by atomic mass is 16.5. The molecule has 0 atom stereocenters. The molecule has 0 aliphatic rings. The number of carbonyl (C=O) groups is 2. The summed E-state index contributed by atoms with van der Waals surface area (Å²) in [6.45, 7) is -0.172. The third-order valence-electron chi connectivity index (χ3n) is 3.66. The van der Waals surface area contributed by atoms with Gasteiger partial charge in [-0.3, -0.25) is 4.79 Å². The highest BCUT2D eigenvalue weighted by molar-refractivity contribution is 5.89. The summed E-state index contributed by atoms with van der Waals surface area (Å²) < 4.78 is 5.57. The Bertz CT molecular complexity index is 960. The third kappa shape index (κ3) is 4.24. The minimum atomic E-state index is -1.24. The molecule has 0 fully saturated rings.